The van der Waals surface area contributed by atoms with Crippen LogP contribution in [0.2, 0.25) is 0 Å². The lowest BCUT2D eigenvalue weighted by Crippen LogP contribution is -2.12. The molecule has 2 aromatic rings. The molecule has 82 valence electrons. The summed E-state index contributed by atoms with van der Waals surface area (Å²) < 4.78 is 0. The SMILES string of the molecule is Cc1csc(Nc2ncccc2C(N)=S)n1. The highest BCUT2D eigenvalue weighted by Crippen LogP contribution is 2.21. The van der Waals surface area contributed by atoms with Crippen LogP contribution in [0, 0.1) is 6.92 Å². The van der Waals surface area contributed by atoms with Crippen molar-refractivity contribution in [2.24, 2.45) is 5.73 Å². The van der Waals surface area contributed by atoms with Crippen molar-refractivity contribution in [3.63, 3.8) is 0 Å². The molecule has 0 saturated heterocycles. The summed E-state index contributed by atoms with van der Waals surface area (Å²) in [5.74, 6) is 0.643. The molecule has 0 aliphatic rings. The lowest BCUT2D eigenvalue weighted by Gasteiger charge is -2.06. The number of aromatic nitrogens is 2. The van der Waals surface area contributed by atoms with Crippen molar-refractivity contribution in [3.05, 3.63) is 35.0 Å². The summed E-state index contributed by atoms with van der Waals surface area (Å²) >= 11 is 6.47. The normalized spacial score (nSPS) is 10.1. The van der Waals surface area contributed by atoms with Gasteiger partial charge in [0.2, 0.25) is 0 Å². The average Bonchev–Trinajstić information content (AvgIpc) is 2.64. The summed E-state index contributed by atoms with van der Waals surface area (Å²) in [6, 6.07) is 3.63. The Morgan fingerprint density at radius 2 is 2.38 bits per heavy atom. The third-order valence-corrected chi connectivity index (χ3v) is 3.01. The largest absolute Gasteiger partial charge is 0.389 e. The van der Waals surface area contributed by atoms with Crippen LogP contribution in [0.15, 0.2) is 23.7 Å². The van der Waals surface area contributed by atoms with Crippen molar-refractivity contribution in [2.75, 3.05) is 5.32 Å². The van der Waals surface area contributed by atoms with Crippen molar-refractivity contribution < 1.29 is 0 Å². The number of thiazole rings is 1. The van der Waals surface area contributed by atoms with E-state index in [1.54, 1.807) is 12.3 Å². The molecule has 2 aromatic heterocycles. The first-order chi connectivity index (χ1) is 7.66. The topological polar surface area (TPSA) is 63.8 Å². The van der Waals surface area contributed by atoms with Crippen LogP contribution in [0.5, 0.6) is 0 Å². The maximum absolute atomic E-state index is 5.61. The second-order valence-electron chi connectivity index (χ2n) is 3.18. The lowest BCUT2D eigenvalue weighted by molar-refractivity contribution is 1.23. The minimum absolute atomic E-state index is 0.323. The van der Waals surface area contributed by atoms with Crippen molar-refractivity contribution in [3.8, 4) is 0 Å². The smallest absolute Gasteiger partial charge is 0.188 e. The highest BCUT2D eigenvalue weighted by atomic mass is 32.1. The number of hydrogen-bond acceptors (Lipinski definition) is 5. The first-order valence-electron chi connectivity index (χ1n) is 4.61. The van der Waals surface area contributed by atoms with E-state index in [1.165, 1.54) is 11.3 Å². The molecule has 0 amide bonds. The Morgan fingerprint density at radius 3 is 3.00 bits per heavy atom. The molecule has 4 nitrogen and oxygen atoms in total. The Hall–Kier alpha value is -1.53. The highest BCUT2D eigenvalue weighted by Gasteiger charge is 2.07. The van der Waals surface area contributed by atoms with Gasteiger partial charge in [-0.05, 0) is 19.1 Å². The second-order valence-corrected chi connectivity index (χ2v) is 4.48. The zero-order valence-corrected chi connectivity index (χ0v) is 10.2. The number of nitrogens with two attached hydrogens (primary N) is 1. The first kappa shape index (κ1) is 11.0. The lowest BCUT2D eigenvalue weighted by atomic mass is 10.2. The van der Waals surface area contributed by atoms with Crippen LogP contribution in [0.3, 0.4) is 0 Å². The predicted molar refractivity (Wildman–Crippen MR) is 70.3 cm³/mol. The quantitative estimate of drug-likeness (QED) is 0.818. The first-order valence-corrected chi connectivity index (χ1v) is 5.89. The van der Waals surface area contributed by atoms with Gasteiger partial charge in [0.05, 0.1) is 11.3 Å². The molecular weight excluding hydrogens is 240 g/mol. The van der Waals surface area contributed by atoms with Crippen LogP contribution in [-0.2, 0) is 0 Å². The second kappa shape index (κ2) is 4.54. The van der Waals surface area contributed by atoms with E-state index in [0.29, 0.717) is 10.8 Å². The fourth-order valence-corrected chi connectivity index (χ4v) is 2.07. The minimum Gasteiger partial charge on any atom is -0.389 e. The fraction of sp³-hybridized carbons (Fsp3) is 0.100. The van der Waals surface area contributed by atoms with Gasteiger partial charge in [0.15, 0.2) is 5.13 Å². The molecule has 0 unspecified atom stereocenters. The molecule has 0 aromatic carbocycles. The Morgan fingerprint density at radius 1 is 1.56 bits per heavy atom. The van der Waals surface area contributed by atoms with Gasteiger partial charge < -0.3 is 11.1 Å². The van der Waals surface area contributed by atoms with E-state index < -0.39 is 0 Å². The number of rotatable bonds is 3. The molecule has 2 heterocycles. The number of pyridine rings is 1. The molecule has 2 rings (SSSR count). The van der Waals surface area contributed by atoms with Crippen LogP contribution in [0.1, 0.15) is 11.3 Å². The summed E-state index contributed by atoms with van der Waals surface area (Å²) in [4.78, 5) is 8.81. The average molecular weight is 250 g/mol. The molecule has 0 spiro atoms. The van der Waals surface area contributed by atoms with E-state index in [-0.39, 0.29) is 0 Å². The molecule has 0 fully saturated rings. The Balaban J connectivity index is 2.31. The van der Waals surface area contributed by atoms with Crippen molar-refractivity contribution >= 4 is 39.5 Å². The Labute approximate surface area is 103 Å². The number of hydrogen-bond donors (Lipinski definition) is 2. The van der Waals surface area contributed by atoms with Crippen LogP contribution in [0.4, 0.5) is 10.9 Å². The van der Waals surface area contributed by atoms with Gasteiger partial charge in [0, 0.05) is 11.6 Å². The van der Waals surface area contributed by atoms with Crippen LogP contribution < -0.4 is 11.1 Å². The van der Waals surface area contributed by atoms with Crippen LogP contribution in [0.25, 0.3) is 0 Å². The van der Waals surface area contributed by atoms with E-state index in [1.807, 2.05) is 18.4 Å². The van der Waals surface area contributed by atoms with Crippen molar-refractivity contribution in [1.29, 1.82) is 0 Å². The summed E-state index contributed by atoms with van der Waals surface area (Å²) in [5, 5.41) is 5.85. The van der Waals surface area contributed by atoms with E-state index in [4.69, 9.17) is 18.0 Å². The van der Waals surface area contributed by atoms with E-state index >= 15 is 0 Å². The van der Waals surface area contributed by atoms with Gasteiger partial charge in [0.1, 0.15) is 10.8 Å². The van der Waals surface area contributed by atoms with E-state index in [2.05, 4.69) is 15.3 Å². The number of nitrogens with one attached hydrogen (secondary N) is 1. The van der Waals surface area contributed by atoms with Gasteiger partial charge in [0.25, 0.3) is 0 Å². The Bertz CT molecular complexity index is 521. The van der Waals surface area contributed by atoms with E-state index in [9.17, 15) is 0 Å². The van der Waals surface area contributed by atoms with E-state index in [0.717, 1.165) is 16.4 Å². The molecular formula is C10H10N4S2. The molecule has 6 heteroatoms. The van der Waals surface area contributed by atoms with Gasteiger partial charge >= 0.3 is 0 Å². The molecule has 0 aliphatic heterocycles. The van der Waals surface area contributed by atoms with Crippen LogP contribution in [-0.4, -0.2) is 15.0 Å². The zero-order valence-electron chi connectivity index (χ0n) is 8.60. The predicted octanol–water partition coefficient (Wildman–Crippen LogP) is 2.22. The number of anilines is 2. The number of nitrogens with zero attached hydrogens (tertiary/aromatic N) is 2. The number of aryl methyl sites for hydroxylation is 1. The summed E-state index contributed by atoms with van der Waals surface area (Å²) in [6.45, 7) is 1.94. The molecule has 0 saturated carbocycles. The molecule has 16 heavy (non-hydrogen) atoms. The van der Waals surface area contributed by atoms with Crippen LogP contribution >= 0.6 is 23.6 Å². The van der Waals surface area contributed by atoms with Gasteiger partial charge in [-0.3, -0.25) is 0 Å². The van der Waals surface area contributed by atoms with Gasteiger partial charge in [-0.2, -0.15) is 0 Å². The molecule has 0 bridgehead atoms. The summed E-state index contributed by atoms with van der Waals surface area (Å²) in [5.41, 5.74) is 7.31. The third-order valence-electron chi connectivity index (χ3n) is 1.92. The molecule has 3 N–H and O–H groups in total. The highest BCUT2D eigenvalue weighted by molar-refractivity contribution is 7.80. The zero-order chi connectivity index (χ0) is 11.5. The monoisotopic (exact) mass is 250 g/mol. The molecule has 0 atom stereocenters. The maximum atomic E-state index is 5.61. The molecule has 0 radical (unpaired) electrons. The summed E-state index contributed by atoms with van der Waals surface area (Å²) in [6.07, 6.45) is 1.69. The summed E-state index contributed by atoms with van der Waals surface area (Å²) in [7, 11) is 0. The maximum Gasteiger partial charge on any atom is 0.188 e. The Kier molecular flexibility index (Phi) is 3.12. The fourth-order valence-electron chi connectivity index (χ4n) is 1.22. The molecule has 0 aliphatic carbocycles. The van der Waals surface area contributed by atoms with Gasteiger partial charge in [-0.15, -0.1) is 11.3 Å². The number of thiocarbonyl (C=S) groups is 1. The minimum atomic E-state index is 0.323. The van der Waals surface area contributed by atoms with Gasteiger partial charge in [-0.1, -0.05) is 12.2 Å². The third kappa shape index (κ3) is 2.34. The van der Waals surface area contributed by atoms with Crippen molar-refractivity contribution in [2.45, 2.75) is 6.92 Å². The van der Waals surface area contributed by atoms with Gasteiger partial charge in [-0.25, -0.2) is 9.97 Å². The van der Waals surface area contributed by atoms with Crippen molar-refractivity contribution in [1.82, 2.24) is 9.97 Å². The standard InChI is InChI=1S/C10H10N4S2/c1-6-5-16-10(13-6)14-9-7(8(11)15)3-2-4-12-9/h2-5H,1H3,(H2,11,15)(H,12,13,14).